The highest BCUT2D eigenvalue weighted by atomic mass is 32.2. The summed E-state index contributed by atoms with van der Waals surface area (Å²) in [7, 11) is -0.236. The van der Waals surface area contributed by atoms with Crippen LogP contribution in [-0.2, 0) is 19.4 Å². The summed E-state index contributed by atoms with van der Waals surface area (Å²) >= 11 is 0. The minimum absolute atomic E-state index is 0.190. The van der Waals surface area contributed by atoms with E-state index in [9.17, 15) is 13.2 Å². The zero-order valence-electron chi connectivity index (χ0n) is 11.3. The van der Waals surface area contributed by atoms with E-state index in [2.05, 4.69) is 9.72 Å². The Bertz CT molecular complexity index is 542. The van der Waals surface area contributed by atoms with Gasteiger partial charge in [0.15, 0.2) is 9.84 Å². The van der Waals surface area contributed by atoms with E-state index < -0.39 is 9.84 Å². The molecule has 0 saturated heterocycles. The van der Waals surface area contributed by atoms with Gasteiger partial charge in [-0.15, -0.1) is 0 Å². The summed E-state index contributed by atoms with van der Waals surface area (Å²) in [6.07, 6.45) is 3.56. The average molecular weight is 286 g/mol. The molecule has 0 bridgehead atoms. The van der Waals surface area contributed by atoms with E-state index in [1.165, 1.54) is 13.2 Å². The summed E-state index contributed by atoms with van der Waals surface area (Å²) < 4.78 is 27.8. The number of carbonyl (C=O) groups excluding carboxylic acids is 1. The molecule has 1 rings (SSSR count). The van der Waals surface area contributed by atoms with E-state index in [1.807, 2.05) is 0 Å². The lowest BCUT2D eigenvalue weighted by Crippen LogP contribution is -2.22. The number of rotatable bonds is 6. The molecular formula is C12H18N2O4S. The van der Waals surface area contributed by atoms with Crippen LogP contribution >= 0.6 is 0 Å². The molecule has 0 N–H and O–H groups in total. The second kappa shape index (κ2) is 6.51. The molecule has 0 unspecified atom stereocenters. The monoisotopic (exact) mass is 286 g/mol. The van der Waals surface area contributed by atoms with Crippen LogP contribution in [-0.4, -0.2) is 46.3 Å². The number of aromatic nitrogens is 1. The zero-order chi connectivity index (χ0) is 14.5. The second-order valence-electron chi connectivity index (χ2n) is 4.20. The van der Waals surface area contributed by atoms with Crippen LogP contribution in [0.5, 0.6) is 0 Å². The predicted molar refractivity (Wildman–Crippen MR) is 71.9 cm³/mol. The molecule has 0 aliphatic rings. The van der Waals surface area contributed by atoms with Crippen LogP contribution < -0.4 is 4.90 Å². The SMILES string of the molecule is COC(=O)CCCN(C)c1ncccc1S(C)(=O)=O. The largest absolute Gasteiger partial charge is 0.469 e. The van der Waals surface area contributed by atoms with Gasteiger partial charge in [-0.25, -0.2) is 13.4 Å². The highest BCUT2D eigenvalue weighted by Gasteiger charge is 2.17. The van der Waals surface area contributed by atoms with Crippen molar-refractivity contribution in [2.75, 3.05) is 31.9 Å². The van der Waals surface area contributed by atoms with Gasteiger partial charge in [-0.2, -0.15) is 0 Å². The number of sulfone groups is 1. The first-order chi connectivity index (χ1) is 8.86. The van der Waals surface area contributed by atoms with Crippen molar-refractivity contribution in [1.29, 1.82) is 0 Å². The molecule has 6 nitrogen and oxygen atoms in total. The van der Waals surface area contributed by atoms with Crippen molar-refractivity contribution in [2.24, 2.45) is 0 Å². The van der Waals surface area contributed by atoms with Gasteiger partial charge in [0.2, 0.25) is 0 Å². The number of carbonyl (C=O) groups is 1. The fourth-order valence-corrected chi connectivity index (χ4v) is 2.49. The first-order valence-corrected chi connectivity index (χ1v) is 7.68. The molecule has 1 aromatic rings. The molecule has 1 heterocycles. The summed E-state index contributed by atoms with van der Waals surface area (Å²) in [5, 5.41) is 0. The lowest BCUT2D eigenvalue weighted by molar-refractivity contribution is -0.140. The van der Waals surface area contributed by atoms with Gasteiger partial charge >= 0.3 is 5.97 Å². The van der Waals surface area contributed by atoms with Crippen LogP contribution in [0.2, 0.25) is 0 Å². The van der Waals surface area contributed by atoms with Crippen molar-refractivity contribution >= 4 is 21.6 Å². The lowest BCUT2D eigenvalue weighted by Gasteiger charge is -2.20. The predicted octanol–water partition coefficient (Wildman–Crippen LogP) is 0.874. The molecule has 0 atom stereocenters. The number of ether oxygens (including phenoxy) is 1. The molecule has 0 aliphatic carbocycles. The highest BCUT2D eigenvalue weighted by molar-refractivity contribution is 7.90. The third-order valence-corrected chi connectivity index (χ3v) is 3.73. The summed E-state index contributed by atoms with van der Waals surface area (Å²) in [4.78, 5) is 17.0. The van der Waals surface area contributed by atoms with Crippen molar-refractivity contribution in [3.63, 3.8) is 0 Å². The average Bonchev–Trinajstić information content (AvgIpc) is 2.37. The summed E-state index contributed by atoms with van der Waals surface area (Å²) in [6, 6.07) is 3.11. The number of methoxy groups -OCH3 is 1. The second-order valence-corrected chi connectivity index (χ2v) is 6.18. The number of anilines is 1. The number of hydrogen-bond acceptors (Lipinski definition) is 6. The quantitative estimate of drug-likeness (QED) is 0.722. The van der Waals surface area contributed by atoms with Crippen LogP contribution in [0.25, 0.3) is 0 Å². The Morgan fingerprint density at radius 3 is 2.74 bits per heavy atom. The van der Waals surface area contributed by atoms with Crippen LogP contribution in [0, 0.1) is 0 Å². The van der Waals surface area contributed by atoms with E-state index >= 15 is 0 Å². The molecule has 19 heavy (non-hydrogen) atoms. The maximum atomic E-state index is 11.6. The van der Waals surface area contributed by atoms with E-state index in [-0.39, 0.29) is 10.9 Å². The van der Waals surface area contributed by atoms with E-state index in [4.69, 9.17) is 0 Å². The molecule has 0 aromatic carbocycles. The Morgan fingerprint density at radius 1 is 1.47 bits per heavy atom. The topological polar surface area (TPSA) is 76.6 Å². The fourth-order valence-electron chi connectivity index (χ4n) is 1.63. The maximum Gasteiger partial charge on any atom is 0.305 e. The van der Waals surface area contributed by atoms with Crippen molar-refractivity contribution in [1.82, 2.24) is 4.98 Å². The number of pyridine rings is 1. The molecule has 0 aliphatic heterocycles. The molecular weight excluding hydrogens is 268 g/mol. The standard InChI is InChI=1S/C12H18N2O4S/c1-14(9-5-7-11(15)18-2)12-10(19(3,16)17)6-4-8-13-12/h4,6,8H,5,7,9H2,1-3H3. The minimum atomic E-state index is -3.32. The van der Waals surface area contributed by atoms with Crippen LogP contribution in [0.4, 0.5) is 5.82 Å². The molecule has 0 radical (unpaired) electrons. The molecule has 0 fully saturated rings. The van der Waals surface area contributed by atoms with Gasteiger partial charge in [-0.1, -0.05) is 0 Å². The number of nitrogens with zero attached hydrogens (tertiary/aromatic N) is 2. The normalized spacial score (nSPS) is 11.1. The lowest BCUT2D eigenvalue weighted by atomic mass is 10.3. The van der Waals surface area contributed by atoms with Gasteiger partial charge in [0, 0.05) is 32.5 Å². The molecule has 1 aromatic heterocycles. The smallest absolute Gasteiger partial charge is 0.305 e. The van der Waals surface area contributed by atoms with Crippen LogP contribution in [0.3, 0.4) is 0 Å². The van der Waals surface area contributed by atoms with Crippen LogP contribution in [0.1, 0.15) is 12.8 Å². The number of hydrogen-bond donors (Lipinski definition) is 0. The van der Waals surface area contributed by atoms with Gasteiger partial charge < -0.3 is 9.64 Å². The van der Waals surface area contributed by atoms with Gasteiger partial charge in [-0.3, -0.25) is 4.79 Å². The number of esters is 1. The molecule has 7 heteroatoms. The summed E-state index contributed by atoms with van der Waals surface area (Å²) in [5.74, 6) is 0.118. The Labute approximate surface area is 113 Å². The highest BCUT2D eigenvalue weighted by Crippen LogP contribution is 2.21. The van der Waals surface area contributed by atoms with Gasteiger partial charge in [0.25, 0.3) is 0 Å². The summed E-state index contributed by atoms with van der Waals surface area (Å²) in [5.41, 5.74) is 0. The fraction of sp³-hybridized carbons (Fsp3) is 0.500. The van der Waals surface area contributed by atoms with Gasteiger partial charge in [-0.05, 0) is 18.6 Å². The molecule has 0 saturated carbocycles. The maximum absolute atomic E-state index is 11.6. The van der Waals surface area contributed by atoms with E-state index in [1.54, 1.807) is 24.2 Å². The first-order valence-electron chi connectivity index (χ1n) is 5.79. The van der Waals surface area contributed by atoms with Crippen molar-refractivity contribution < 1.29 is 17.9 Å². The van der Waals surface area contributed by atoms with Crippen molar-refractivity contribution in [3.8, 4) is 0 Å². The minimum Gasteiger partial charge on any atom is -0.469 e. The van der Waals surface area contributed by atoms with Gasteiger partial charge in [0.1, 0.15) is 10.7 Å². The third-order valence-electron chi connectivity index (χ3n) is 2.61. The van der Waals surface area contributed by atoms with Gasteiger partial charge in [0.05, 0.1) is 7.11 Å². The van der Waals surface area contributed by atoms with Crippen LogP contribution in [0.15, 0.2) is 23.2 Å². The van der Waals surface area contributed by atoms with E-state index in [0.717, 1.165) is 6.26 Å². The Morgan fingerprint density at radius 2 is 2.16 bits per heavy atom. The Kier molecular flexibility index (Phi) is 5.29. The molecule has 106 valence electrons. The molecule has 0 spiro atoms. The Hall–Kier alpha value is -1.63. The van der Waals surface area contributed by atoms with Crippen molar-refractivity contribution in [3.05, 3.63) is 18.3 Å². The van der Waals surface area contributed by atoms with E-state index in [0.29, 0.717) is 25.2 Å². The summed E-state index contributed by atoms with van der Waals surface area (Å²) in [6.45, 7) is 0.522. The van der Waals surface area contributed by atoms with Crippen molar-refractivity contribution in [2.45, 2.75) is 17.7 Å². The Balaban J connectivity index is 2.78. The third kappa shape index (κ3) is 4.51. The first kappa shape index (κ1) is 15.4. The zero-order valence-corrected chi connectivity index (χ0v) is 12.1. The molecule has 0 amide bonds.